The summed E-state index contributed by atoms with van der Waals surface area (Å²) < 4.78 is 4.85. The van der Waals surface area contributed by atoms with Gasteiger partial charge >= 0.3 is 18.0 Å². The van der Waals surface area contributed by atoms with E-state index in [-0.39, 0.29) is 55.3 Å². The van der Waals surface area contributed by atoms with Crippen LogP contribution in [0.15, 0.2) is 30.3 Å². The second-order valence-electron chi connectivity index (χ2n) is 7.23. The number of hydrogen-bond acceptors (Lipinski definition) is 10. The molecule has 1 atom stereocenters. The molecule has 0 radical (unpaired) electrons. The Labute approximate surface area is 203 Å². The van der Waals surface area contributed by atoms with Gasteiger partial charge in [0, 0.05) is 32.1 Å². The highest BCUT2D eigenvalue weighted by Crippen LogP contribution is 2.08. The lowest BCUT2D eigenvalue weighted by atomic mass is 10.1. The number of carboxylic acid groups (broad SMARTS) is 2. The quantitative estimate of drug-likeness (QED) is 0.246. The maximum Gasteiger partial charge on any atom is 0.408 e. The molecule has 5 N–H and O–H groups in total. The Morgan fingerprint density at radius 3 is 1.61 bits per heavy atom. The summed E-state index contributed by atoms with van der Waals surface area (Å²) >= 11 is 0. The molecule has 0 unspecified atom stereocenters. The topological polar surface area (TPSA) is 228 Å². The second-order valence-corrected chi connectivity index (χ2v) is 7.23. The number of nitrogens with one attached hydrogen (secondary N) is 1. The van der Waals surface area contributed by atoms with Crippen LogP contribution in [0.25, 0.3) is 0 Å². The molecule has 3 rings (SSSR count). The standard InChI is InChI=1S/C13H15NO6.2C4H5NO3/c15-11(16)7-6-10(12(17)18)14-13(19)20-8-9-4-2-1-3-5-9;2*6-3-1-2-4(7)5(3)8/h1-5,10H,6-8H2,(H,14,19)(H,15,16)(H,17,18);2*8H,1-2H2/t10-;;/m0../s1. The number of ether oxygens (including phenoxy) is 1. The molecule has 2 heterocycles. The smallest absolute Gasteiger partial charge is 0.408 e. The molecule has 196 valence electrons. The average molecular weight is 511 g/mol. The minimum Gasteiger partial charge on any atom is -0.481 e. The van der Waals surface area contributed by atoms with Crippen LogP contribution < -0.4 is 5.32 Å². The van der Waals surface area contributed by atoms with Gasteiger partial charge in [-0.15, -0.1) is 0 Å². The molecule has 2 saturated heterocycles. The number of hydroxylamine groups is 4. The summed E-state index contributed by atoms with van der Waals surface area (Å²) in [5.74, 6) is -4.45. The Hall–Kier alpha value is -4.37. The second kappa shape index (κ2) is 14.8. The molecule has 5 amide bonds. The fraction of sp³-hybridized carbons (Fsp3) is 0.381. The van der Waals surface area contributed by atoms with Crippen molar-refractivity contribution in [1.29, 1.82) is 0 Å². The van der Waals surface area contributed by atoms with E-state index in [1.807, 2.05) is 6.07 Å². The first-order valence-electron chi connectivity index (χ1n) is 10.4. The summed E-state index contributed by atoms with van der Waals surface area (Å²) in [5.41, 5.74) is 0.764. The SMILES string of the molecule is O=C(O)CC[C@H](NC(=O)OCc1ccccc1)C(=O)O.O=C1CCC(=O)N1O.O=C1CCC(=O)N1O. The van der Waals surface area contributed by atoms with E-state index in [2.05, 4.69) is 5.32 Å². The van der Waals surface area contributed by atoms with Gasteiger partial charge in [0.25, 0.3) is 23.6 Å². The number of imide groups is 2. The summed E-state index contributed by atoms with van der Waals surface area (Å²) in [6, 6.07) is 7.61. The number of carbonyl (C=O) groups is 7. The van der Waals surface area contributed by atoms with E-state index in [9.17, 15) is 33.6 Å². The molecule has 1 aromatic rings. The zero-order valence-electron chi connectivity index (χ0n) is 18.9. The largest absolute Gasteiger partial charge is 0.481 e. The van der Waals surface area contributed by atoms with Gasteiger partial charge in [-0.1, -0.05) is 30.3 Å². The third-order valence-corrected chi connectivity index (χ3v) is 4.50. The molecule has 0 bridgehead atoms. The molecule has 1 aromatic carbocycles. The number of carboxylic acids is 2. The molecule has 36 heavy (non-hydrogen) atoms. The van der Waals surface area contributed by atoms with Gasteiger partial charge in [0.1, 0.15) is 12.6 Å². The van der Waals surface area contributed by atoms with E-state index < -0.39 is 47.7 Å². The third-order valence-electron chi connectivity index (χ3n) is 4.50. The fourth-order valence-electron chi connectivity index (χ4n) is 2.56. The minimum atomic E-state index is -1.30. The van der Waals surface area contributed by atoms with Crippen molar-refractivity contribution in [1.82, 2.24) is 15.4 Å². The first-order valence-corrected chi connectivity index (χ1v) is 10.4. The minimum absolute atomic E-state index is 0.0118. The Balaban J connectivity index is 0.000000328. The Bertz CT molecular complexity index is 916. The Morgan fingerprint density at radius 2 is 1.28 bits per heavy atom. The summed E-state index contributed by atoms with van der Waals surface area (Å²) in [4.78, 5) is 73.6. The molecule has 15 heteroatoms. The molecule has 2 fully saturated rings. The van der Waals surface area contributed by atoms with Crippen molar-refractivity contribution in [2.24, 2.45) is 0 Å². The predicted octanol–water partition coefficient (Wildman–Crippen LogP) is 0.280. The normalized spacial score (nSPS) is 15.4. The molecule has 15 nitrogen and oxygen atoms in total. The van der Waals surface area contributed by atoms with E-state index in [0.29, 0.717) is 0 Å². The van der Waals surface area contributed by atoms with Crippen molar-refractivity contribution in [3.8, 4) is 0 Å². The highest BCUT2D eigenvalue weighted by atomic mass is 16.5. The fourth-order valence-corrected chi connectivity index (χ4v) is 2.56. The van der Waals surface area contributed by atoms with Crippen LogP contribution in [0, 0.1) is 0 Å². The van der Waals surface area contributed by atoms with Crippen molar-refractivity contribution in [3.05, 3.63) is 35.9 Å². The van der Waals surface area contributed by atoms with Gasteiger partial charge in [-0.3, -0.25) is 34.4 Å². The maximum absolute atomic E-state index is 11.4. The van der Waals surface area contributed by atoms with E-state index in [1.165, 1.54) is 0 Å². The third kappa shape index (κ3) is 10.7. The van der Waals surface area contributed by atoms with E-state index in [1.54, 1.807) is 24.3 Å². The van der Waals surface area contributed by atoms with Crippen molar-refractivity contribution in [2.75, 3.05) is 0 Å². The molecular formula is C21H25N3O12. The van der Waals surface area contributed by atoms with E-state index >= 15 is 0 Å². The van der Waals surface area contributed by atoms with Crippen LogP contribution in [0.3, 0.4) is 0 Å². The lowest BCUT2D eigenvalue weighted by Gasteiger charge is -2.13. The lowest BCUT2D eigenvalue weighted by molar-refractivity contribution is -0.172. The van der Waals surface area contributed by atoms with Gasteiger partial charge in [0.05, 0.1) is 0 Å². The van der Waals surface area contributed by atoms with Gasteiger partial charge in [-0.05, 0) is 12.0 Å². The average Bonchev–Trinajstić information content (AvgIpc) is 3.30. The molecule has 0 aromatic heterocycles. The summed E-state index contributed by atoms with van der Waals surface area (Å²) in [7, 11) is 0. The van der Waals surface area contributed by atoms with Crippen LogP contribution in [0.5, 0.6) is 0 Å². The monoisotopic (exact) mass is 511 g/mol. The molecule has 0 saturated carbocycles. The zero-order chi connectivity index (χ0) is 27.3. The number of aliphatic carboxylic acids is 2. The summed E-state index contributed by atoms with van der Waals surface area (Å²) in [6.45, 7) is 0.0118. The Kier molecular flexibility index (Phi) is 12.2. The molecular weight excluding hydrogens is 486 g/mol. The van der Waals surface area contributed by atoms with Crippen LogP contribution >= 0.6 is 0 Å². The van der Waals surface area contributed by atoms with Gasteiger partial charge < -0.3 is 20.3 Å². The highest BCUT2D eigenvalue weighted by Gasteiger charge is 2.27. The number of rotatable bonds is 7. The number of amides is 5. The molecule has 2 aliphatic heterocycles. The maximum atomic E-state index is 11.4. The van der Waals surface area contributed by atoms with Gasteiger partial charge in [0.15, 0.2) is 0 Å². The first kappa shape index (κ1) is 29.7. The van der Waals surface area contributed by atoms with Crippen LogP contribution in [0.1, 0.15) is 44.1 Å². The van der Waals surface area contributed by atoms with Gasteiger partial charge in [0.2, 0.25) is 0 Å². The summed E-state index contributed by atoms with van der Waals surface area (Å²) in [6.07, 6.45) is -0.859. The number of benzene rings is 1. The number of hydrogen-bond donors (Lipinski definition) is 5. The zero-order valence-corrected chi connectivity index (χ0v) is 18.9. The van der Waals surface area contributed by atoms with Crippen LogP contribution in [0.2, 0.25) is 0 Å². The van der Waals surface area contributed by atoms with Gasteiger partial charge in [-0.2, -0.15) is 10.1 Å². The molecule has 2 aliphatic rings. The van der Waals surface area contributed by atoms with Crippen molar-refractivity contribution < 1.29 is 58.9 Å². The number of alkyl carbamates (subject to hydrolysis) is 1. The van der Waals surface area contributed by atoms with Gasteiger partial charge in [-0.25, -0.2) is 9.59 Å². The number of carbonyl (C=O) groups excluding carboxylic acids is 5. The van der Waals surface area contributed by atoms with Crippen molar-refractivity contribution >= 4 is 41.7 Å². The highest BCUT2D eigenvalue weighted by molar-refractivity contribution is 6.00. The Morgan fingerprint density at radius 1 is 0.833 bits per heavy atom. The van der Waals surface area contributed by atoms with Crippen molar-refractivity contribution in [2.45, 2.75) is 51.2 Å². The summed E-state index contributed by atoms with van der Waals surface area (Å²) in [5, 5.41) is 36.6. The van der Waals surface area contributed by atoms with Crippen LogP contribution in [0.4, 0.5) is 4.79 Å². The van der Waals surface area contributed by atoms with Crippen LogP contribution in [-0.2, 0) is 40.1 Å². The molecule has 0 spiro atoms. The van der Waals surface area contributed by atoms with E-state index in [4.69, 9.17) is 25.4 Å². The van der Waals surface area contributed by atoms with Crippen molar-refractivity contribution in [3.63, 3.8) is 0 Å². The van der Waals surface area contributed by atoms with E-state index in [0.717, 1.165) is 5.56 Å². The predicted molar refractivity (Wildman–Crippen MR) is 114 cm³/mol. The van der Waals surface area contributed by atoms with Crippen LogP contribution in [-0.4, -0.2) is 78.5 Å². The first-order chi connectivity index (χ1) is 16.9. The lowest BCUT2D eigenvalue weighted by Crippen LogP contribution is -2.41. The molecule has 0 aliphatic carbocycles. The number of nitrogens with zero attached hydrogens (tertiary/aromatic N) is 2.